The van der Waals surface area contributed by atoms with Gasteiger partial charge in [0.05, 0.1) is 10.3 Å². The number of carboxylic acids is 1. The molecule has 1 fully saturated rings. The summed E-state index contributed by atoms with van der Waals surface area (Å²) in [5.74, 6) is -0.561. The molecule has 0 radical (unpaired) electrons. The van der Waals surface area contributed by atoms with Crippen LogP contribution in [0.5, 0.6) is 0 Å². The number of carboxylic acid groups (broad SMARTS) is 1. The van der Waals surface area contributed by atoms with Crippen molar-refractivity contribution in [2.24, 2.45) is 5.92 Å². The minimum atomic E-state index is -3.52. The summed E-state index contributed by atoms with van der Waals surface area (Å²) in [6.45, 7) is 4.39. The van der Waals surface area contributed by atoms with Crippen molar-refractivity contribution in [1.29, 1.82) is 0 Å². The topological polar surface area (TPSA) is 83.5 Å². The Morgan fingerprint density at radius 2 is 1.90 bits per heavy atom. The van der Waals surface area contributed by atoms with E-state index in [9.17, 15) is 18.3 Å². The third-order valence-corrected chi connectivity index (χ3v) is 5.63. The van der Waals surface area contributed by atoms with Gasteiger partial charge in [0, 0.05) is 6.54 Å². The molecule has 1 atom stereocenters. The maximum absolute atomic E-state index is 12.1. The van der Waals surface area contributed by atoms with E-state index in [2.05, 4.69) is 4.72 Å². The molecule has 2 rings (SSSR count). The predicted octanol–water partition coefficient (Wildman–Crippen LogP) is 2.13. The van der Waals surface area contributed by atoms with E-state index in [1.54, 1.807) is 12.1 Å². The van der Waals surface area contributed by atoms with Crippen molar-refractivity contribution in [3.05, 3.63) is 29.8 Å². The Morgan fingerprint density at radius 1 is 1.33 bits per heavy atom. The molecule has 0 spiro atoms. The third-order valence-electron chi connectivity index (χ3n) is 4.20. The summed E-state index contributed by atoms with van der Waals surface area (Å²) in [6.07, 6.45) is 2.13. The first-order valence-corrected chi connectivity index (χ1v) is 8.64. The monoisotopic (exact) mass is 311 g/mol. The quantitative estimate of drug-likeness (QED) is 0.808. The van der Waals surface area contributed by atoms with Crippen LogP contribution in [0.4, 0.5) is 0 Å². The van der Waals surface area contributed by atoms with Crippen molar-refractivity contribution in [3.8, 4) is 0 Å². The summed E-state index contributed by atoms with van der Waals surface area (Å²) in [5, 5.41) is 9.23. The minimum Gasteiger partial charge on any atom is -0.481 e. The largest absolute Gasteiger partial charge is 0.481 e. The molecule has 1 aromatic carbocycles. The van der Waals surface area contributed by atoms with E-state index >= 15 is 0 Å². The maximum atomic E-state index is 12.1. The van der Waals surface area contributed by atoms with Crippen molar-refractivity contribution >= 4 is 16.0 Å². The summed E-state index contributed by atoms with van der Waals surface area (Å²) in [4.78, 5) is 11.4. The van der Waals surface area contributed by atoms with Crippen LogP contribution in [0.3, 0.4) is 0 Å². The van der Waals surface area contributed by atoms with Crippen molar-refractivity contribution in [3.63, 3.8) is 0 Å². The molecule has 1 aromatic rings. The highest BCUT2D eigenvalue weighted by Gasteiger charge is 2.51. The molecular formula is C15H21NO4S. The Hall–Kier alpha value is -1.40. The molecule has 1 saturated carbocycles. The highest BCUT2D eigenvalue weighted by Crippen LogP contribution is 2.48. The normalized spacial score (nSPS) is 18.2. The molecule has 0 aliphatic heterocycles. The zero-order chi connectivity index (χ0) is 15.7. The molecule has 0 bridgehead atoms. The average Bonchev–Trinajstić information content (AvgIpc) is 3.26. The van der Waals surface area contributed by atoms with E-state index in [-0.39, 0.29) is 10.8 Å². The highest BCUT2D eigenvalue weighted by molar-refractivity contribution is 7.89. The summed E-state index contributed by atoms with van der Waals surface area (Å²) in [5.41, 5.74) is -0.122. The standard InChI is InChI=1S/C15H21NO4S/c1-3-11(2)10-16-21(19,20)13-6-4-12(5-7-13)15(8-9-15)14(17)18/h4-7,11,16H,3,8-10H2,1-2H3,(H,17,18). The lowest BCUT2D eigenvalue weighted by Crippen LogP contribution is -2.28. The molecule has 0 aromatic heterocycles. The van der Waals surface area contributed by atoms with E-state index < -0.39 is 21.4 Å². The van der Waals surface area contributed by atoms with E-state index in [1.165, 1.54) is 12.1 Å². The van der Waals surface area contributed by atoms with E-state index in [1.807, 2.05) is 13.8 Å². The van der Waals surface area contributed by atoms with Crippen LogP contribution in [-0.4, -0.2) is 26.0 Å². The molecular weight excluding hydrogens is 290 g/mol. The summed E-state index contributed by atoms with van der Waals surface area (Å²) in [7, 11) is -3.52. The van der Waals surface area contributed by atoms with Crippen molar-refractivity contribution in [1.82, 2.24) is 4.72 Å². The first kappa shape index (κ1) is 16.0. The van der Waals surface area contributed by atoms with Gasteiger partial charge in [-0.05, 0) is 36.5 Å². The van der Waals surface area contributed by atoms with Crippen LogP contribution in [0.2, 0.25) is 0 Å². The molecule has 21 heavy (non-hydrogen) atoms. The number of hydrogen-bond donors (Lipinski definition) is 2. The van der Waals surface area contributed by atoms with Gasteiger partial charge in [0.2, 0.25) is 10.0 Å². The van der Waals surface area contributed by atoms with Gasteiger partial charge in [0.25, 0.3) is 0 Å². The number of sulfonamides is 1. The van der Waals surface area contributed by atoms with Crippen LogP contribution in [0.15, 0.2) is 29.2 Å². The van der Waals surface area contributed by atoms with Gasteiger partial charge < -0.3 is 5.11 Å². The highest BCUT2D eigenvalue weighted by atomic mass is 32.2. The second kappa shape index (κ2) is 5.77. The van der Waals surface area contributed by atoms with Gasteiger partial charge in [-0.25, -0.2) is 13.1 Å². The van der Waals surface area contributed by atoms with E-state index in [0.717, 1.165) is 6.42 Å². The molecule has 1 unspecified atom stereocenters. The molecule has 116 valence electrons. The molecule has 1 aliphatic rings. The molecule has 1 aliphatic carbocycles. The Bertz CT molecular complexity index is 618. The van der Waals surface area contributed by atoms with Gasteiger partial charge in [-0.15, -0.1) is 0 Å². The SMILES string of the molecule is CCC(C)CNS(=O)(=O)c1ccc(C2(C(=O)O)CC2)cc1. The van der Waals surface area contributed by atoms with Gasteiger partial charge in [-0.3, -0.25) is 4.79 Å². The first-order chi connectivity index (χ1) is 9.82. The summed E-state index contributed by atoms with van der Waals surface area (Å²) in [6, 6.07) is 6.19. The third kappa shape index (κ3) is 3.27. The number of carbonyl (C=O) groups is 1. The van der Waals surface area contributed by atoms with Gasteiger partial charge in [0.15, 0.2) is 0 Å². The smallest absolute Gasteiger partial charge is 0.314 e. The fraction of sp³-hybridized carbons (Fsp3) is 0.533. The fourth-order valence-corrected chi connectivity index (χ4v) is 3.35. The lowest BCUT2D eigenvalue weighted by Gasteiger charge is -2.13. The Kier molecular flexibility index (Phi) is 4.39. The van der Waals surface area contributed by atoms with Crippen LogP contribution >= 0.6 is 0 Å². The molecule has 0 heterocycles. The Balaban J connectivity index is 2.14. The second-order valence-corrected chi connectivity index (χ2v) is 7.54. The van der Waals surface area contributed by atoms with Crippen LogP contribution in [0, 0.1) is 5.92 Å². The van der Waals surface area contributed by atoms with Crippen molar-refractivity contribution < 1.29 is 18.3 Å². The molecule has 0 saturated heterocycles. The van der Waals surface area contributed by atoms with Crippen LogP contribution in [0.25, 0.3) is 0 Å². The number of aliphatic carboxylic acids is 1. The minimum absolute atomic E-state index is 0.177. The first-order valence-electron chi connectivity index (χ1n) is 7.15. The van der Waals surface area contributed by atoms with Crippen molar-refractivity contribution in [2.75, 3.05) is 6.54 Å². The number of hydrogen-bond acceptors (Lipinski definition) is 3. The van der Waals surface area contributed by atoms with Gasteiger partial charge in [0.1, 0.15) is 0 Å². The molecule has 6 heteroatoms. The Morgan fingerprint density at radius 3 is 2.33 bits per heavy atom. The van der Waals surface area contributed by atoms with E-state index in [4.69, 9.17) is 0 Å². The number of nitrogens with one attached hydrogen (secondary N) is 1. The van der Waals surface area contributed by atoms with Crippen LogP contribution in [-0.2, 0) is 20.2 Å². The second-order valence-electron chi connectivity index (χ2n) is 5.78. The van der Waals surface area contributed by atoms with Gasteiger partial charge in [-0.1, -0.05) is 32.4 Å². The fourth-order valence-electron chi connectivity index (χ4n) is 2.18. The molecule has 2 N–H and O–H groups in total. The summed E-state index contributed by atoms with van der Waals surface area (Å²) >= 11 is 0. The van der Waals surface area contributed by atoms with E-state index in [0.29, 0.717) is 24.9 Å². The Labute approximate surface area is 125 Å². The zero-order valence-corrected chi connectivity index (χ0v) is 13.1. The lowest BCUT2D eigenvalue weighted by molar-refractivity contribution is -0.140. The number of rotatable bonds is 7. The average molecular weight is 311 g/mol. The lowest BCUT2D eigenvalue weighted by atomic mass is 9.96. The van der Waals surface area contributed by atoms with Crippen molar-refractivity contribution in [2.45, 2.75) is 43.4 Å². The van der Waals surface area contributed by atoms with Crippen LogP contribution < -0.4 is 4.72 Å². The van der Waals surface area contributed by atoms with Gasteiger partial charge in [-0.2, -0.15) is 0 Å². The number of benzene rings is 1. The van der Waals surface area contributed by atoms with Crippen LogP contribution in [0.1, 0.15) is 38.7 Å². The molecule has 0 amide bonds. The maximum Gasteiger partial charge on any atom is 0.314 e. The predicted molar refractivity (Wildman–Crippen MR) is 79.6 cm³/mol. The zero-order valence-electron chi connectivity index (χ0n) is 12.3. The van der Waals surface area contributed by atoms with Gasteiger partial charge >= 0.3 is 5.97 Å². The molecule has 5 nitrogen and oxygen atoms in total. The summed E-state index contributed by atoms with van der Waals surface area (Å²) < 4.78 is 26.8.